The molecule has 0 bridgehead atoms. The Morgan fingerprint density at radius 1 is 1.04 bits per heavy atom. The SMILES string of the molecule is CCC1(c2ccc(Cl)cc2)NC(=O)N(Cc2ccccc2Cl)C1=O. The summed E-state index contributed by atoms with van der Waals surface area (Å²) in [6.45, 7) is 2.01. The molecule has 124 valence electrons. The second-order valence-electron chi connectivity index (χ2n) is 5.68. The van der Waals surface area contributed by atoms with Gasteiger partial charge in [0.1, 0.15) is 5.54 Å². The van der Waals surface area contributed by atoms with Gasteiger partial charge >= 0.3 is 6.03 Å². The van der Waals surface area contributed by atoms with Crippen molar-refractivity contribution >= 4 is 35.1 Å². The van der Waals surface area contributed by atoms with E-state index < -0.39 is 11.6 Å². The Morgan fingerprint density at radius 3 is 2.33 bits per heavy atom. The second kappa shape index (κ2) is 6.46. The zero-order valence-electron chi connectivity index (χ0n) is 13.1. The lowest BCUT2D eigenvalue weighted by molar-refractivity contribution is -0.132. The van der Waals surface area contributed by atoms with Crippen LogP contribution in [-0.2, 0) is 16.9 Å². The molecule has 1 heterocycles. The molecule has 0 aliphatic carbocycles. The predicted molar refractivity (Wildman–Crippen MR) is 94.0 cm³/mol. The third-order valence-electron chi connectivity index (χ3n) is 4.33. The molecule has 2 aromatic carbocycles. The van der Waals surface area contributed by atoms with E-state index in [4.69, 9.17) is 23.2 Å². The van der Waals surface area contributed by atoms with E-state index in [-0.39, 0.29) is 12.5 Å². The van der Waals surface area contributed by atoms with Crippen LogP contribution in [0.5, 0.6) is 0 Å². The standard InChI is InChI=1S/C18H16Cl2N2O2/c1-2-18(13-7-9-14(19)10-8-13)16(23)22(17(24)21-18)11-12-5-3-4-6-15(12)20/h3-10H,2,11H2,1H3,(H,21,24). The number of urea groups is 1. The van der Waals surface area contributed by atoms with Crippen LogP contribution < -0.4 is 5.32 Å². The molecule has 2 aromatic rings. The molecule has 0 aromatic heterocycles. The molecule has 0 radical (unpaired) electrons. The monoisotopic (exact) mass is 362 g/mol. The Kier molecular flexibility index (Phi) is 4.52. The van der Waals surface area contributed by atoms with Crippen LogP contribution in [0.15, 0.2) is 48.5 Å². The summed E-state index contributed by atoms with van der Waals surface area (Å²) in [7, 11) is 0. The van der Waals surface area contributed by atoms with Gasteiger partial charge in [0.25, 0.3) is 5.91 Å². The van der Waals surface area contributed by atoms with E-state index in [9.17, 15) is 9.59 Å². The molecule has 6 heteroatoms. The third kappa shape index (κ3) is 2.76. The summed E-state index contributed by atoms with van der Waals surface area (Å²) in [5.74, 6) is -0.280. The quantitative estimate of drug-likeness (QED) is 0.821. The van der Waals surface area contributed by atoms with E-state index in [1.807, 2.05) is 19.1 Å². The van der Waals surface area contributed by atoms with E-state index in [1.54, 1.807) is 36.4 Å². The molecular formula is C18H16Cl2N2O2. The zero-order valence-corrected chi connectivity index (χ0v) is 14.6. The number of benzene rings is 2. The lowest BCUT2D eigenvalue weighted by Gasteiger charge is -2.26. The highest BCUT2D eigenvalue weighted by molar-refractivity contribution is 6.31. The molecule has 3 amide bonds. The lowest BCUT2D eigenvalue weighted by Crippen LogP contribution is -2.43. The molecule has 4 nitrogen and oxygen atoms in total. The molecule has 3 rings (SSSR count). The van der Waals surface area contributed by atoms with E-state index in [0.717, 1.165) is 11.1 Å². The van der Waals surface area contributed by atoms with Crippen LogP contribution in [0.3, 0.4) is 0 Å². The summed E-state index contributed by atoms with van der Waals surface area (Å²) in [5.41, 5.74) is 0.378. The number of imide groups is 1. The van der Waals surface area contributed by atoms with Gasteiger partial charge in [0.05, 0.1) is 6.54 Å². The van der Waals surface area contributed by atoms with Crippen LogP contribution in [-0.4, -0.2) is 16.8 Å². The topological polar surface area (TPSA) is 49.4 Å². The van der Waals surface area contributed by atoms with Crippen molar-refractivity contribution in [2.75, 3.05) is 0 Å². The molecule has 1 N–H and O–H groups in total. The Morgan fingerprint density at radius 2 is 1.71 bits per heavy atom. The van der Waals surface area contributed by atoms with Gasteiger partial charge in [-0.15, -0.1) is 0 Å². The number of hydrogen-bond acceptors (Lipinski definition) is 2. The summed E-state index contributed by atoms with van der Waals surface area (Å²) < 4.78 is 0. The zero-order chi connectivity index (χ0) is 17.3. The van der Waals surface area contributed by atoms with E-state index in [1.165, 1.54) is 4.90 Å². The van der Waals surface area contributed by atoms with Crippen molar-refractivity contribution in [3.8, 4) is 0 Å². The first-order chi connectivity index (χ1) is 11.5. The minimum Gasteiger partial charge on any atom is -0.319 e. The van der Waals surface area contributed by atoms with Crippen molar-refractivity contribution in [1.29, 1.82) is 0 Å². The smallest absolute Gasteiger partial charge is 0.319 e. The van der Waals surface area contributed by atoms with Gasteiger partial charge in [-0.25, -0.2) is 4.79 Å². The van der Waals surface area contributed by atoms with Gasteiger partial charge in [-0.2, -0.15) is 0 Å². The fourth-order valence-electron chi connectivity index (χ4n) is 2.94. The molecule has 0 saturated carbocycles. The largest absolute Gasteiger partial charge is 0.325 e. The maximum absolute atomic E-state index is 13.0. The first kappa shape index (κ1) is 16.8. The lowest BCUT2D eigenvalue weighted by atomic mass is 9.87. The van der Waals surface area contributed by atoms with Gasteiger partial charge in [-0.3, -0.25) is 9.69 Å². The summed E-state index contributed by atoms with van der Waals surface area (Å²) in [6.07, 6.45) is 0.443. The van der Waals surface area contributed by atoms with Crippen LogP contribution in [0.2, 0.25) is 10.0 Å². The Balaban J connectivity index is 1.95. The number of nitrogens with one attached hydrogen (secondary N) is 1. The minimum atomic E-state index is -1.07. The average Bonchev–Trinajstić information content (AvgIpc) is 2.82. The summed E-state index contributed by atoms with van der Waals surface area (Å²) >= 11 is 12.1. The molecule has 1 atom stereocenters. The maximum atomic E-state index is 13.0. The number of halogens is 2. The highest BCUT2D eigenvalue weighted by Gasteiger charge is 2.51. The van der Waals surface area contributed by atoms with Crippen molar-refractivity contribution in [3.63, 3.8) is 0 Å². The highest BCUT2D eigenvalue weighted by atomic mass is 35.5. The molecule has 1 saturated heterocycles. The van der Waals surface area contributed by atoms with Crippen LogP contribution >= 0.6 is 23.2 Å². The first-order valence-electron chi connectivity index (χ1n) is 7.61. The Hall–Kier alpha value is -2.04. The summed E-state index contributed by atoms with van der Waals surface area (Å²) in [6, 6.07) is 13.7. The van der Waals surface area contributed by atoms with Crippen molar-refractivity contribution in [1.82, 2.24) is 10.2 Å². The van der Waals surface area contributed by atoms with Gasteiger partial charge in [-0.1, -0.05) is 60.5 Å². The number of carbonyl (C=O) groups excluding carboxylic acids is 2. The predicted octanol–water partition coefficient (Wildman–Crippen LogP) is 4.35. The maximum Gasteiger partial charge on any atom is 0.325 e. The van der Waals surface area contributed by atoms with Gasteiger partial charge in [0.2, 0.25) is 0 Å². The van der Waals surface area contributed by atoms with Crippen molar-refractivity contribution < 1.29 is 9.59 Å². The van der Waals surface area contributed by atoms with Crippen molar-refractivity contribution in [2.45, 2.75) is 25.4 Å². The molecule has 24 heavy (non-hydrogen) atoms. The van der Waals surface area contributed by atoms with Gasteiger partial charge < -0.3 is 5.32 Å². The van der Waals surface area contributed by atoms with Crippen LogP contribution in [0.4, 0.5) is 4.79 Å². The third-order valence-corrected chi connectivity index (χ3v) is 4.95. The number of rotatable bonds is 4. The van der Waals surface area contributed by atoms with Crippen LogP contribution in [0.1, 0.15) is 24.5 Å². The number of nitrogens with zero attached hydrogens (tertiary/aromatic N) is 1. The first-order valence-corrected chi connectivity index (χ1v) is 8.37. The van der Waals surface area contributed by atoms with Crippen molar-refractivity contribution in [3.05, 3.63) is 69.7 Å². The van der Waals surface area contributed by atoms with Gasteiger partial charge in [0.15, 0.2) is 0 Å². The Labute approximate surface area is 150 Å². The molecule has 1 aliphatic heterocycles. The van der Waals surface area contributed by atoms with E-state index in [2.05, 4.69) is 5.32 Å². The van der Waals surface area contributed by atoms with Crippen LogP contribution in [0.25, 0.3) is 0 Å². The molecule has 1 aliphatic rings. The highest BCUT2D eigenvalue weighted by Crippen LogP contribution is 2.34. The van der Waals surface area contributed by atoms with Crippen LogP contribution in [0, 0.1) is 0 Å². The van der Waals surface area contributed by atoms with Gasteiger partial charge in [0, 0.05) is 10.0 Å². The minimum absolute atomic E-state index is 0.139. The second-order valence-corrected chi connectivity index (χ2v) is 6.52. The Bertz CT molecular complexity index is 792. The fraction of sp³-hybridized carbons (Fsp3) is 0.222. The number of hydrogen-bond donors (Lipinski definition) is 1. The summed E-state index contributed by atoms with van der Waals surface area (Å²) in [5, 5.41) is 3.95. The van der Waals surface area contributed by atoms with E-state index >= 15 is 0 Å². The molecule has 1 unspecified atom stereocenters. The molecule has 0 spiro atoms. The molecular weight excluding hydrogens is 347 g/mol. The number of carbonyl (C=O) groups is 2. The fourth-order valence-corrected chi connectivity index (χ4v) is 3.26. The summed E-state index contributed by atoms with van der Waals surface area (Å²) in [4.78, 5) is 26.7. The van der Waals surface area contributed by atoms with Gasteiger partial charge in [-0.05, 0) is 35.7 Å². The van der Waals surface area contributed by atoms with E-state index in [0.29, 0.717) is 16.5 Å². The molecule has 1 fully saturated rings. The number of amides is 3. The average molecular weight is 363 g/mol. The normalized spacial score (nSPS) is 20.4. The van der Waals surface area contributed by atoms with Crippen molar-refractivity contribution in [2.24, 2.45) is 0 Å².